The highest BCUT2D eigenvalue weighted by molar-refractivity contribution is 7.14. The zero-order valence-electron chi connectivity index (χ0n) is 12.5. The fourth-order valence-corrected chi connectivity index (χ4v) is 2.95. The molecule has 0 radical (unpaired) electrons. The van der Waals surface area contributed by atoms with Crippen LogP contribution in [0.2, 0.25) is 5.02 Å². The molecule has 0 aliphatic rings. The van der Waals surface area contributed by atoms with E-state index in [2.05, 4.69) is 10.3 Å². The largest absolute Gasteiger partial charge is 0.496 e. The van der Waals surface area contributed by atoms with Gasteiger partial charge in [-0.05, 0) is 30.3 Å². The zero-order chi connectivity index (χ0) is 17.1. The van der Waals surface area contributed by atoms with Crippen LogP contribution >= 0.6 is 22.9 Å². The van der Waals surface area contributed by atoms with Crippen LogP contribution in [-0.2, 0) is 0 Å². The molecule has 0 aliphatic carbocycles. The second-order valence-corrected chi connectivity index (χ2v) is 6.14. The Labute approximate surface area is 146 Å². The summed E-state index contributed by atoms with van der Waals surface area (Å²) in [5.74, 6) is -0.700. The predicted octanol–water partition coefficient (Wildman–Crippen LogP) is 4.86. The van der Waals surface area contributed by atoms with E-state index < -0.39 is 11.7 Å². The molecule has 0 atom stereocenters. The van der Waals surface area contributed by atoms with Crippen molar-refractivity contribution in [2.24, 2.45) is 0 Å². The summed E-state index contributed by atoms with van der Waals surface area (Å²) in [6, 6.07) is 11.0. The van der Waals surface area contributed by atoms with Crippen molar-refractivity contribution in [3.05, 3.63) is 64.2 Å². The van der Waals surface area contributed by atoms with Gasteiger partial charge >= 0.3 is 0 Å². The first kappa shape index (κ1) is 16.4. The number of anilines is 1. The van der Waals surface area contributed by atoms with E-state index in [1.807, 2.05) is 17.5 Å². The molecule has 0 fully saturated rings. The van der Waals surface area contributed by atoms with Crippen molar-refractivity contribution in [2.45, 2.75) is 0 Å². The third kappa shape index (κ3) is 3.55. The molecule has 1 N–H and O–H groups in total. The van der Waals surface area contributed by atoms with Gasteiger partial charge in [-0.25, -0.2) is 9.37 Å². The van der Waals surface area contributed by atoms with Gasteiger partial charge in [-0.15, -0.1) is 11.3 Å². The summed E-state index contributed by atoms with van der Waals surface area (Å²) in [5, 5.41) is 5.53. The number of halogens is 2. The van der Waals surface area contributed by atoms with Crippen molar-refractivity contribution in [3.8, 4) is 17.0 Å². The van der Waals surface area contributed by atoms with Crippen molar-refractivity contribution < 1.29 is 13.9 Å². The number of carbonyl (C=O) groups is 1. The van der Waals surface area contributed by atoms with Gasteiger partial charge in [-0.2, -0.15) is 0 Å². The summed E-state index contributed by atoms with van der Waals surface area (Å²) in [6.07, 6.45) is 0. The number of ether oxygens (including phenoxy) is 1. The van der Waals surface area contributed by atoms with Crippen LogP contribution in [-0.4, -0.2) is 18.0 Å². The molecule has 0 saturated heterocycles. The molecule has 1 aromatic heterocycles. The number of rotatable bonds is 4. The molecule has 1 heterocycles. The van der Waals surface area contributed by atoms with Crippen LogP contribution in [0.5, 0.6) is 5.75 Å². The minimum atomic E-state index is -0.512. The molecule has 24 heavy (non-hydrogen) atoms. The molecule has 2 aromatic carbocycles. The van der Waals surface area contributed by atoms with Gasteiger partial charge in [0.1, 0.15) is 11.6 Å². The average Bonchev–Trinajstić information content (AvgIpc) is 3.04. The predicted molar refractivity (Wildman–Crippen MR) is 93.5 cm³/mol. The van der Waals surface area contributed by atoms with Crippen molar-refractivity contribution in [1.29, 1.82) is 0 Å². The summed E-state index contributed by atoms with van der Waals surface area (Å²) in [7, 11) is 1.42. The van der Waals surface area contributed by atoms with Crippen LogP contribution in [0.15, 0.2) is 47.8 Å². The number of hydrogen-bond donors (Lipinski definition) is 1. The fraction of sp³-hybridized carbons (Fsp3) is 0.0588. The third-order valence-corrected chi connectivity index (χ3v) is 4.28. The molecular weight excluding hydrogens is 351 g/mol. The molecule has 0 bridgehead atoms. The number of nitrogens with zero attached hydrogens (tertiary/aromatic N) is 1. The van der Waals surface area contributed by atoms with E-state index in [-0.39, 0.29) is 5.56 Å². The number of amides is 1. The minimum Gasteiger partial charge on any atom is -0.496 e. The molecule has 0 spiro atoms. The van der Waals surface area contributed by atoms with E-state index in [1.54, 1.807) is 12.1 Å². The highest BCUT2D eigenvalue weighted by Gasteiger charge is 2.15. The van der Waals surface area contributed by atoms with Crippen LogP contribution in [0.25, 0.3) is 11.3 Å². The standard InChI is InChI=1S/C17H12ClFN2O2S/c1-23-15-7-6-12(19)8-13(15)16(22)21-17-20-14(9-24-17)10-2-4-11(18)5-3-10/h2-9H,1H3,(H,20,21,22). The van der Waals surface area contributed by atoms with Gasteiger partial charge in [0.2, 0.25) is 0 Å². The average molecular weight is 363 g/mol. The topological polar surface area (TPSA) is 51.2 Å². The Hall–Kier alpha value is -2.44. The monoisotopic (exact) mass is 362 g/mol. The van der Waals surface area contributed by atoms with Gasteiger partial charge in [0.25, 0.3) is 5.91 Å². The van der Waals surface area contributed by atoms with Crippen molar-refractivity contribution >= 4 is 34.0 Å². The van der Waals surface area contributed by atoms with Crippen LogP contribution in [0.3, 0.4) is 0 Å². The maximum atomic E-state index is 13.4. The molecule has 0 unspecified atom stereocenters. The molecule has 0 aliphatic heterocycles. The lowest BCUT2D eigenvalue weighted by Crippen LogP contribution is -2.13. The number of nitrogens with one attached hydrogen (secondary N) is 1. The lowest BCUT2D eigenvalue weighted by molar-refractivity contribution is 0.102. The van der Waals surface area contributed by atoms with Gasteiger partial charge in [-0.1, -0.05) is 23.7 Å². The van der Waals surface area contributed by atoms with E-state index in [0.717, 1.165) is 17.3 Å². The van der Waals surface area contributed by atoms with Crippen molar-refractivity contribution in [3.63, 3.8) is 0 Å². The number of carbonyl (C=O) groups excluding carboxylic acids is 1. The van der Waals surface area contributed by atoms with Crippen LogP contribution in [0.1, 0.15) is 10.4 Å². The third-order valence-electron chi connectivity index (χ3n) is 3.27. The quantitative estimate of drug-likeness (QED) is 0.720. The van der Waals surface area contributed by atoms with Crippen LogP contribution < -0.4 is 10.1 Å². The van der Waals surface area contributed by atoms with Crippen molar-refractivity contribution in [2.75, 3.05) is 12.4 Å². The molecular formula is C17H12ClFN2O2S. The molecule has 7 heteroatoms. The van der Waals surface area contributed by atoms with Crippen LogP contribution in [0.4, 0.5) is 9.52 Å². The first-order valence-corrected chi connectivity index (χ1v) is 8.19. The number of benzene rings is 2. The molecule has 122 valence electrons. The Bertz CT molecular complexity index is 881. The number of thiazole rings is 1. The first-order valence-electron chi connectivity index (χ1n) is 6.93. The number of methoxy groups -OCH3 is 1. The Morgan fingerprint density at radius 1 is 1.25 bits per heavy atom. The van der Waals surface area contributed by atoms with Crippen LogP contribution in [0, 0.1) is 5.82 Å². The van der Waals surface area contributed by atoms with Gasteiger partial charge in [0.15, 0.2) is 5.13 Å². The fourth-order valence-electron chi connectivity index (χ4n) is 2.11. The summed E-state index contributed by atoms with van der Waals surface area (Å²) >= 11 is 7.14. The smallest absolute Gasteiger partial charge is 0.261 e. The minimum absolute atomic E-state index is 0.112. The summed E-state index contributed by atoms with van der Waals surface area (Å²) in [6.45, 7) is 0. The SMILES string of the molecule is COc1ccc(F)cc1C(=O)Nc1nc(-c2ccc(Cl)cc2)cs1. The summed E-state index contributed by atoms with van der Waals surface area (Å²) in [5.41, 5.74) is 1.72. The van der Waals surface area contributed by atoms with Gasteiger partial charge in [-0.3, -0.25) is 10.1 Å². The van der Waals surface area contributed by atoms with Crippen molar-refractivity contribution in [1.82, 2.24) is 4.98 Å². The van der Waals surface area contributed by atoms with Gasteiger partial charge < -0.3 is 4.74 Å². The Balaban J connectivity index is 1.81. The second-order valence-electron chi connectivity index (χ2n) is 4.84. The molecule has 1 amide bonds. The van der Waals surface area contributed by atoms with E-state index in [1.165, 1.54) is 30.6 Å². The number of hydrogen-bond acceptors (Lipinski definition) is 4. The van der Waals surface area contributed by atoms with E-state index in [0.29, 0.717) is 15.9 Å². The molecule has 0 saturated carbocycles. The highest BCUT2D eigenvalue weighted by Crippen LogP contribution is 2.27. The molecule has 3 aromatic rings. The second kappa shape index (κ2) is 6.98. The van der Waals surface area contributed by atoms with E-state index in [9.17, 15) is 9.18 Å². The van der Waals surface area contributed by atoms with Gasteiger partial charge in [0.05, 0.1) is 18.4 Å². The summed E-state index contributed by atoms with van der Waals surface area (Å²) in [4.78, 5) is 16.7. The lowest BCUT2D eigenvalue weighted by atomic mass is 10.2. The lowest BCUT2D eigenvalue weighted by Gasteiger charge is -2.07. The van der Waals surface area contributed by atoms with Gasteiger partial charge in [0, 0.05) is 16.0 Å². The first-order chi connectivity index (χ1) is 11.6. The molecule has 4 nitrogen and oxygen atoms in total. The zero-order valence-corrected chi connectivity index (χ0v) is 14.1. The summed E-state index contributed by atoms with van der Waals surface area (Å²) < 4.78 is 18.5. The Morgan fingerprint density at radius 2 is 2.00 bits per heavy atom. The maximum absolute atomic E-state index is 13.4. The highest BCUT2D eigenvalue weighted by atomic mass is 35.5. The maximum Gasteiger partial charge on any atom is 0.261 e. The normalized spacial score (nSPS) is 10.5. The Kier molecular flexibility index (Phi) is 4.78. The Morgan fingerprint density at radius 3 is 2.71 bits per heavy atom. The number of aromatic nitrogens is 1. The molecule has 3 rings (SSSR count). The van der Waals surface area contributed by atoms with E-state index >= 15 is 0 Å². The van der Waals surface area contributed by atoms with E-state index in [4.69, 9.17) is 16.3 Å².